The van der Waals surface area contributed by atoms with Crippen molar-refractivity contribution in [2.45, 2.75) is 33.6 Å². The third-order valence-electron chi connectivity index (χ3n) is 4.63. The molecule has 2 aromatic rings. The summed E-state index contributed by atoms with van der Waals surface area (Å²) >= 11 is 0. The Morgan fingerprint density at radius 3 is 2.48 bits per heavy atom. The number of piperazine rings is 1. The zero-order valence-electron chi connectivity index (χ0n) is 15.6. The smallest absolute Gasteiger partial charge is 0.134 e. The lowest BCUT2D eigenvalue weighted by Crippen LogP contribution is -2.47. The highest BCUT2D eigenvalue weighted by Gasteiger charge is 2.19. The van der Waals surface area contributed by atoms with E-state index < -0.39 is 0 Å². The van der Waals surface area contributed by atoms with Crippen LogP contribution in [0, 0.1) is 13.8 Å². The molecule has 0 radical (unpaired) electrons. The van der Waals surface area contributed by atoms with E-state index in [1.165, 1.54) is 17.7 Å². The molecule has 1 aliphatic heterocycles. The molecule has 25 heavy (non-hydrogen) atoms. The maximum atomic E-state index is 4.65. The Kier molecular flexibility index (Phi) is 5.74. The fourth-order valence-electron chi connectivity index (χ4n) is 3.22. The van der Waals surface area contributed by atoms with E-state index >= 15 is 0 Å². The van der Waals surface area contributed by atoms with Crippen LogP contribution in [0.3, 0.4) is 0 Å². The van der Waals surface area contributed by atoms with E-state index in [-0.39, 0.29) is 0 Å². The van der Waals surface area contributed by atoms with Gasteiger partial charge in [-0.2, -0.15) is 0 Å². The number of aryl methyl sites for hydroxylation is 2. The lowest BCUT2D eigenvalue weighted by Gasteiger charge is -2.37. The van der Waals surface area contributed by atoms with E-state index in [1.807, 2.05) is 6.92 Å². The summed E-state index contributed by atoms with van der Waals surface area (Å²) in [7, 11) is 0. The van der Waals surface area contributed by atoms with Crippen molar-refractivity contribution < 1.29 is 0 Å². The van der Waals surface area contributed by atoms with Gasteiger partial charge in [0.1, 0.15) is 17.5 Å². The molecule has 0 unspecified atom stereocenters. The second-order valence-electron chi connectivity index (χ2n) is 6.75. The summed E-state index contributed by atoms with van der Waals surface area (Å²) in [6.07, 6.45) is 2.35. The van der Waals surface area contributed by atoms with E-state index in [1.54, 1.807) is 0 Å². The number of nitrogens with zero attached hydrogens (tertiary/aromatic N) is 4. The molecular formula is C20H29N5. The topological polar surface area (TPSA) is 44.3 Å². The maximum absolute atomic E-state index is 4.65. The van der Waals surface area contributed by atoms with Gasteiger partial charge in [0.25, 0.3) is 0 Å². The molecule has 1 aromatic carbocycles. The van der Waals surface area contributed by atoms with Gasteiger partial charge in [0.15, 0.2) is 0 Å². The Morgan fingerprint density at radius 2 is 1.76 bits per heavy atom. The third-order valence-corrected chi connectivity index (χ3v) is 4.63. The minimum Gasteiger partial charge on any atom is -0.370 e. The van der Waals surface area contributed by atoms with Gasteiger partial charge in [-0.3, -0.25) is 0 Å². The van der Waals surface area contributed by atoms with Gasteiger partial charge in [-0.1, -0.05) is 25.5 Å². The molecular weight excluding hydrogens is 310 g/mol. The third kappa shape index (κ3) is 4.62. The predicted octanol–water partition coefficient (Wildman–Crippen LogP) is 3.63. The van der Waals surface area contributed by atoms with Crippen LogP contribution in [-0.4, -0.2) is 42.7 Å². The van der Waals surface area contributed by atoms with E-state index in [4.69, 9.17) is 0 Å². The van der Waals surface area contributed by atoms with E-state index in [0.29, 0.717) is 0 Å². The van der Waals surface area contributed by atoms with E-state index in [2.05, 4.69) is 69.3 Å². The van der Waals surface area contributed by atoms with Crippen molar-refractivity contribution in [2.75, 3.05) is 47.8 Å². The first-order chi connectivity index (χ1) is 12.2. The zero-order valence-corrected chi connectivity index (χ0v) is 15.6. The summed E-state index contributed by atoms with van der Waals surface area (Å²) in [4.78, 5) is 14.0. The molecule has 3 rings (SSSR count). The van der Waals surface area contributed by atoms with Crippen LogP contribution in [0.5, 0.6) is 0 Å². The first-order valence-corrected chi connectivity index (χ1v) is 9.32. The molecule has 1 aromatic heterocycles. The van der Waals surface area contributed by atoms with E-state index in [0.717, 1.165) is 56.6 Å². The fourth-order valence-corrected chi connectivity index (χ4v) is 3.22. The monoisotopic (exact) mass is 339 g/mol. The summed E-state index contributed by atoms with van der Waals surface area (Å²) in [5.74, 6) is 2.81. The number of benzene rings is 1. The fraction of sp³-hybridized carbons (Fsp3) is 0.500. The summed E-state index contributed by atoms with van der Waals surface area (Å²) in [5.41, 5.74) is 2.63. The highest BCUT2D eigenvalue weighted by atomic mass is 15.3. The summed E-state index contributed by atoms with van der Waals surface area (Å²) in [5, 5.41) is 3.42. The van der Waals surface area contributed by atoms with Crippen LogP contribution in [0.2, 0.25) is 0 Å². The molecule has 1 N–H and O–H groups in total. The molecule has 0 spiro atoms. The average Bonchev–Trinajstić information content (AvgIpc) is 2.62. The number of aromatic nitrogens is 2. The maximum Gasteiger partial charge on any atom is 0.134 e. The summed E-state index contributed by atoms with van der Waals surface area (Å²) in [6, 6.07) is 10.8. The molecule has 5 nitrogen and oxygen atoms in total. The molecule has 2 heterocycles. The number of nitrogens with one attached hydrogen (secondary N) is 1. The standard InChI is InChI=1S/C20H29N5/c1-4-5-9-21-19-15-20(23-17(3)22-19)25-12-10-24(11-13-25)18-8-6-7-16(2)14-18/h6-8,14-15H,4-5,9-13H2,1-3H3,(H,21,22,23). The van der Waals surface area contributed by atoms with Crippen LogP contribution in [0.4, 0.5) is 17.3 Å². The molecule has 1 aliphatic rings. The second-order valence-corrected chi connectivity index (χ2v) is 6.75. The van der Waals surface area contributed by atoms with Crippen LogP contribution in [-0.2, 0) is 0 Å². The Bertz CT molecular complexity index is 692. The first-order valence-electron chi connectivity index (χ1n) is 9.32. The predicted molar refractivity (Wildman–Crippen MR) is 106 cm³/mol. The zero-order chi connectivity index (χ0) is 17.6. The van der Waals surface area contributed by atoms with Crippen LogP contribution < -0.4 is 15.1 Å². The molecule has 0 amide bonds. The van der Waals surface area contributed by atoms with Gasteiger partial charge in [-0.15, -0.1) is 0 Å². The van der Waals surface area contributed by atoms with Gasteiger partial charge in [0.2, 0.25) is 0 Å². The molecule has 134 valence electrons. The Hall–Kier alpha value is -2.30. The van der Waals surface area contributed by atoms with Crippen molar-refractivity contribution >= 4 is 17.3 Å². The molecule has 0 saturated carbocycles. The number of unbranched alkanes of at least 4 members (excludes halogenated alkanes) is 1. The number of hydrogen-bond donors (Lipinski definition) is 1. The molecule has 5 heteroatoms. The quantitative estimate of drug-likeness (QED) is 0.814. The van der Waals surface area contributed by atoms with Crippen molar-refractivity contribution in [1.29, 1.82) is 0 Å². The lowest BCUT2D eigenvalue weighted by molar-refractivity contribution is 0.645. The number of hydrogen-bond acceptors (Lipinski definition) is 5. The first kappa shape index (κ1) is 17.5. The van der Waals surface area contributed by atoms with Crippen LogP contribution in [0.15, 0.2) is 30.3 Å². The number of anilines is 3. The molecule has 0 atom stereocenters. The van der Waals surface area contributed by atoms with Crippen LogP contribution >= 0.6 is 0 Å². The lowest BCUT2D eigenvalue weighted by atomic mass is 10.2. The second kappa shape index (κ2) is 8.19. The van der Waals surface area contributed by atoms with Gasteiger partial charge in [0, 0.05) is 44.5 Å². The van der Waals surface area contributed by atoms with Gasteiger partial charge >= 0.3 is 0 Å². The Morgan fingerprint density at radius 1 is 1.00 bits per heavy atom. The minimum absolute atomic E-state index is 0.831. The largest absolute Gasteiger partial charge is 0.370 e. The molecule has 0 bridgehead atoms. The highest BCUT2D eigenvalue weighted by molar-refractivity contribution is 5.53. The van der Waals surface area contributed by atoms with Gasteiger partial charge in [0.05, 0.1) is 0 Å². The average molecular weight is 339 g/mol. The SMILES string of the molecule is CCCCNc1cc(N2CCN(c3cccc(C)c3)CC2)nc(C)n1. The highest BCUT2D eigenvalue weighted by Crippen LogP contribution is 2.21. The van der Waals surface area contributed by atoms with Gasteiger partial charge in [-0.05, 0) is 38.0 Å². The van der Waals surface area contributed by atoms with Crippen molar-refractivity contribution in [3.05, 3.63) is 41.7 Å². The van der Waals surface area contributed by atoms with Gasteiger partial charge in [-0.25, -0.2) is 9.97 Å². The normalized spacial score (nSPS) is 14.7. The Labute approximate surface area is 151 Å². The van der Waals surface area contributed by atoms with E-state index in [9.17, 15) is 0 Å². The Balaban J connectivity index is 1.64. The summed E-state index contributed by atoms with van der Waals surface area (Å²) in [6.45, 7) is 11.3. The molecule has 0 aliphatic carbocycles. The van der Waals surface area contributed by atoms with Crippen molar-refractivity contribution in [2.24, 2.45) is 0 Å². The van der Waals surface area contributed by atoms with Gasteiger partial charge < -0.3 is 15.1 Å². The van der Waals surface area contributed by atoms with Crippen molar-refractivity contribution in [3.63, 3.8) is 0 Å². The van der Waals surface area contributed by atoms with Crippen molar-refractivity contribution in [1.82, 2.24) is 9.97 Å². The minimum atomic E-state index is 0.831. The van der Waals surface area contributed by atoms with Crippen LogP contribution in [0.1, 0.15) is 31.2 Å². The molecule has 1 saturated heterocycles. The molecule has 1 fully saturated rings. The summed E-state index contributed by atoms with van der Waals surface area (Å²) < 4.78 is 0. The number of rotatable bonds is 6. The van der Waals surface area contributed by atoms with Crippen LogP contribution in [0.25, 0.3) is 0 Å². The van der Waals surface area contributed by atoms with Crippen molar-refractivity contribution in [3.8, 4) is 0 Å².